The zero-order valence-corrected chi connectivity index (χ0v) is 7.53. The third kappa shape index (κ3) is 2.57. The molecule has 0 fully saturated rings. The molecule has 0 aliphatic rings. The maximum Gasteiger partial charge on any atom is 0.250 e. The summed E-state index contributed by atoms with van der Waals surface area (Å²) < 4.78 is 0. The molecule has 0 spiro atoms. The molecule has 1 aromatic heterocycles. The molecule has 1 amide bonds. The number of aliphatic hydroxyl groups is 1. The van der Waals surface area contributed by atoms with E-state index in [1.165, 1.54) is 18.5 Å². The van der Waals surface area contributed by atoms with Crippen LogP contribution in [0.15, 0.2) is 18.5 Å². The van der Waals surface area contributed by atoms with Crippen LogP contribution in [0.1, 0.15) is 22.3 Å². The van der Waals surface area contributed by atoms with Gasteiger partial charge in [0.1, 0.15) is 0 Å². The Morgan fingerprint density at radius 3 is 3.07 bits per heavy atom. The number of primary amides is 1. The molecule has 0 atom stereocenters. The number of aliphatic hydroxyl groups excluding tert-OH is 1. The SMILES string of the molecule is NC(=O)c1ccncc1C#CCCO. The zero-order valence-electron chi connectivity index (χ0n) is 7.53. The molecular formula is C10H10N2O2. The summed E-state index contributed by atoms with van der Waals surface area (Å²) >= 11 is 0. The minimum absolute atomic E-state index is 0.000826. The summed E-state index contributed by atoms with van der Waals surface area (Å²) in [5.41, 5.74) is 5.98. The summed E-state index contributed by atoms with van der Waals surface area (Å²) in [5, 5.41) is 8.51. The Bertz CT molecular complexity index is 391. The van der Waals surface area contributed by atoms with Gasteiger partial charge in [-0.1, -0.05) is 11.8 Å². The van der Waals surface area contributed by atoms with Crippen molar-refractivity contribution in [3.63, 3.8) is 0 Å². The van der Waals surface area contributed by atoms with Crippen molar-refractivity contribution in [1.82, 2.24) is 4.98 Å². The standard InChI is InChI=1S/C10H10N2O2/c11-10(14)9-4-5-12-7-8(9)3-1-2-6-13/h4-5,7,13H,2,6H2,(H2,11,14). The third-order valence-electron chi connectivity index (χ3n) is 1.55. The number of nitrogens with two attached hydrogens (primary N) is 1. The third-order valence-corrected chi connectivity index (χ3v) is 1.55. The van der Waals surface area contributed by atoms with Gasteiger partial charge in [-0.2, -0.15) is 0 Å². The molecule has 0 bridgehead atoms. The van der Waals surface area contributed by atoms with Crippen LogP contribution in [-0.4, -0.2) is 22.6 Å². The summed E-state index contributed by atoms with van der Waals surface area (Å²) in [4.78, 5) is 14.8. The van der Waals surface area contributed by atoms with Crippen molar-refractivity contribution in [3.05, 3.63) is 29.6 Å². The van der Waals surface area contributed by atoms with Gasteiger partial charge in [0.2, 0.25) is 5.91 Å². The van der Waals surface area contributed by atoms with Gasteiger partial charge in [0.25, 0.3) is 0 Å². The maximum absolute atomic E-state index is 10.9. The molecule has 4 nitrogen and oxygen atoms in total. The highest BCUT2D eigenvalue weighted by atomic mass is 16.2. The number of amides is 1. The minimum atomic E-state index is -0.527. The predicted octanol–water partition coefficient (Wildman–Crippen LogP) is -0.0856. The quantitative estimate of drug-likeness (QED) is 0.640. The summed E-state index contributed by atoms with van der Waals surface area (Å²) in [7, 11) is 0. The van der Waals surface area contributed by atoms with E-state index in [9.17, 15) is 4.79 Å². The summed E-state index contributed by atoms with van der Waals surface area (Å²) in [6, 6.07) is 1.52. The van der Waals surface area contributed by atoms with E-state index in [2.05, 4.69) is 16.8 Å². The normalized spacial score (nSPS) is 8.93. The molecule has 3 N–H and O–H groups in total. The lowest BCUT2D eigenvalue weighted by Gasteiger charge is -1.96. The number of nitrogens with zero attached hydrogens (tertiary/aromatic N) is 1. The van der Waals surface area contributed by atoms with Gasteiger partial charge in [-0.25, -0.2) is 0 Å². The average molecular weight is 190 g/mol. The van der Waals surface area contributed by atoms with Crippen molar-refractivity contribution in [2.75, 3.05) is 6.61 Å². The van der Waals surface area contributed by atoms with Crippen LogP contribution in [-0.2, 0) is 0 Å². The minimum Gasteiger partial charge on any atom is -0.395 e. The monoisotopic (exact) mass is 190 g/mol. The van der Waals surface area contributed by atoms with Crippen molar-refractivity contribution in [2.45, 2.75) is 6.42 Å². The Hall–Kier alpha value is -1.86. The van der Waals surface area contributed by atoms with Crippen LogP contribution in [0.5, 0.6) is 0 Å². The molecule has 72 valence electrons. The van der Waals surface area contributed by atoms with Crippen molar-refractivity contribution < 1.29 is 9.90 Å². The number of rotatable bonds is 2. The smallest absolute Gasteiger partial charge is 0.250 e. The van der Waals surface area contributed by atoms with Gasteiger partial charge < -0.3 is 10.8 Å². The largest absolute Gasteiger partial charge is 0.395 e. The molecule has 0 saturated heterocycles. The maximum atomic E-state index is 10.9. The predicted molar refractivity (Wildman–Crippen MR) is 51.3 cm³/mol. The van der Waals surface area contributed by atoms with E-state index in [1.807, 2.05) is 0 Å². The number of carbonyl (C=O) groups is 1. The first-order chi connectivity index (χ1) is 6.75. The van der Waals surface area contributed by atoms with Crippen LogP contribution in [0.4, 0.5) is 0 Å². The van der Waals surface area contributed by atoms with Gasteiger partial charge in [-0.3, -0.25) is 9.78 Å². The molecule has 0 unspecified atom stereocenters. The Morgan fingerprint density at radius 2 is 2.43 bits per heavy atom. The molecule has 0 aromatic carbocycles. The highest BCUT2D eigenvalue weighted by Gasteiger charge is 2.04. The lowest BCUT2D eigenvalue weighted by atomic mass is 10.1. The highest BCUT2D eigenvalue weighted by Crippen LogP contribution is 2.03. The molecule has 1 rings (SSSR count). The molecule has 1 heterocycles. The van der Waals surface area contributed by atoms with E-state index in [1.54, 1.807) is 0 Å². The van der Waals surface area contributed by atoms with Gasteiger partial charge in [0.05, 0.1) is 17.7 Å². The van der Waals surface area contributed by atoms with Crippen LogP contribution in [0.25, 0.3) is 0 Å². The van der Waals surface area contributed by atoms with Crippen LogP contribution in [0.3, 0.4) is 0 Å². The Kier molecular flexibility index (Phi) is 3.65. The molecule has 1 aromatic rings. The molecule has 0 aliphatic carbocycles. The average Bonchev–Trinajstić information content (AvgIpc) is 2.19. The number of hydrogen-bond acceptors (Lipinski definition) is 3. The zero-order chi connectivity index (χ0) is 10.4. The van der Waals surface area contributed by atoms with Gasteiger partial charge in [0.15, 0.2) is 0 Å². The number of hydrogen-bond donors (Lipinski definition) is 2. The van der Waals surface area contributed by atoms with E-state index in [0.29, 0.717) is 17.5 Å². The van der Waals surface area contributed by atoms with Crippen LogP contribution in [0.2, 0.25) is 0 Å². The second-order valence-electron chi connectivity index (χ2n) is 2.56. The highest BCUT2D eigenvalue weighted by molar-refractivity contribution is 5.95. The second-order valence-corrected chi connectivity index (χ2v) is 2.56. The van der Waals surface area contributed by atoms with Gasteiger partial charge in [0, 0.05) is 18.8 Å². The summed E-state index contributed by atoms with van der Waals surface area (Å²) in [6.07, 6.45) is 3.33. The summed E-state index contributed by atoms with van der Waals surface area (Å²) in [6.45, 7) is -0.000826. The number of pyridine rings is 1. The lowest BCUT2D eigenvalue weighted by Crippen LogP contribution is -2.12. The van der Waals surface area contributed by atoms with Gasteiger partial charge in [-0.15, -0.1) is 0 Å². The Morgan fingerprint density at radius 1 is 1.64 bits per heavy atom. The summed E-state index contributed by atoms with van der Waals surface area (Å²) in [5.74, 6) is 4.89. The van der Waals surface area contributed by atoms with Crippen molar-refractivity contribution in [2.24, 2.45) is 5.73 Å². The van der Waals surface area contributed by atoms with E-state index >= 15 is 0 Å². The number of aromatic nitrogens is 1. The van der Waals surface area contributed by atoms with E-state index in [-0.39, 0.29) is 6.61 Å². The molecular weight excluding hydrogens is 180 g/mol. The fourth-order valence-corrected chi connectivity index (χ4v) is 0.923. The van der Waals surface area contributed by atoms with Crippen LogP contribution in [0, 0.1) is 11.8 Å². The molecule has 0 radical (unpaired) electrons. The van der Waals surface area contributed by atoms with Gasteiger partial charge in [-0.05, 0) is 6.07 Å². The topological polar surface area (TPSA) is 76.2 Å². The van der Waals surface area contributed by atoms with Crippen LogP contribution < -0.4 is 5.73 Å². The van der Waals surface area contributed by atoms with Crippen LogP contribution >= 0.6 is 0 Å². The van der Waals surface area contributed by atoms with Crippen molar-refractivity contribution in [1.29, 1.82) is 0 Å². The van der Waals surface area contributed by atoms with Crippen molar-refractivity contribution in [3.8, 4) is 11.8 Å². The Balaban J connectivity index is 2.97. The molecule has 14 heavy (non-hydrogen) atoms. The first-order valence-corrected chi connectivity index (χ1v) is 4.09. The van der Waals surface area contributed by atoms with Gasteiger partial charge >= 0.3 is 0 Å². The van der Waals surface area contributed by atoms with Crippen molar-refractivity contribution >= 4 is 5.91 Å². The lowest BCUT2D eigenvalue weighted by molar-refractivity contribution is 0.1000. The molecule has 0 aliphatic heterocycles. The molecule has 0 saturated carbocycles. The van der Waals surface area contributed by atoms with E-state index in [0.717, 1.165) is 0 Å². The van der Waals surface area contributed by atoms with E-state index < -0.39 is 5.91 Å². The number of carbonyl (C=O) groups excluding carboxylic acids is 1. The Labute approximate surface area is 81.8 Å². The first kappa shape index (κ1) is 10.2. The fraction of sp³-hybridized carbons (Fsp3) is 0.200. The first-order valence-electron chi connectivity index (χ1n) is 4.09. The molecule has 4 heteroatoms. The second kappa shape index (κ2) is 5.00. The van der Waals surface area contributed by atoms with E-state index in [4.69, 9.17) is 10.8 Å². The fourth-order valence-electron chi connectivity index (χ4n) is 0.923.